The molecule has 0 aliphatic heterocycles. The van der Waals surface area contributed by atoms with Crippen molar-refractivity contribution in [2.75, 3.05) is 0 Å². The molecule has 2 aromatic rings. The molecule has 0 aliphatic rings. The van der Waals surface area contributed by atoms with Gasteiger partial charge in [0, 0.05) is 0 Å². The van der Waals surface area contributed by atoms with E-state index in [1.807, 2.05) is 0 Å². The Morgan fingerprint density at radius 1 is 1.07 bits per heavy atom. The maximum Gasteiger partial charge on any atom is 0.335 e. The molecule has 0 fully saturated rings. The summed E-state index contributed by atoms with van der Waals surface area (Å²) in [5.41, 5.74) is 0.619. The van der Waals surface area contributed by atoms with E-state index in [-0.39, 0.29) is 23.1 Å². The summed E-state index contributed by atoms with van der Waals surface area (Å²) in [5, 5.41) is 9.68. The highest BCUT2D eigenvalue weighted by atomic mass is 19.2. The van der Waals surface area contributed by atoms with Crippen LogP contribution in [0.25, 0.3) is 11.1 Å². The molecule has 0 amide bonds. The molecule has 0 aromatic heterocycles. The first-order valence-corrected chi connectivity index (χ1v) is 9.91. The predicted octanol–water partition coefficient (Wildman–Crippen LogP) is 7.27. The van der Waals surface area contributed by atoms with E-state index in [9.17, 15) is 27.5 Å². The van der Waals surface area contributed by atoms with Crippen molar-refractivity contribution in [1.29, 1.82) is 0 Å². The molecule has 2 atom stereocenters. The zero-order valence-electron chi connectivity index (χ0n) is 16.7. The zero-order valence-corrected chi connectivity index (χ0v) is 16.7. The number of halogens is 4. The number of carbonyl (C=O) groups is 1. The molecule has 0 aliphatic carbocycles. The zero-order chi connectivity index (χ0) is 21.6. The first-order chi connectivity index (χ1) is 13.8. The van der Waals surface area contributed by atoms with Crippen molar-refractivity contribution in [3.63, 3.8) is 0 Å². The molecule has 2 aromatic carbocycles. The lowest BCUT2D eigenvalue weighted by Crippen LogP contribution is -2.13. The van der Waals surface area contributed by atoms with E-state index in [2.05, 4.69) is 6.92 Å². The number of benzene rings is 2. The second-order valence-corrected chi connectivity index (χ2v) is 7.39. The van der Waals surface area contributed by atoms with E-state index in [4.69, 9.17) is 0 Å². The molecule has 29 heavy (non-hydrogen) atoms. The number of carboxylic acids is 1. The summed E-state index contributed by atoms with van der Waals surface area (Å²) in [6.07, 6.45) is 3.22. The van der Waals surface area contributed by atoms with Crippen molar-refractivity contribution in [1.82, 2.24) is 0 Å². The van der Waals surface area contributed by atoms with Crippen LogP contribution in [-0.4, -0.2) is 17.2 Å². The molecule has 0 radical (unpaired) electrons. The quantitative estimate of drug-likeness (QED) is 0.254. The smallest absolute Gasteiger partial charge is 0.335 e. The van der Waals surface area contributed by atoms with Gasteiger partial charge in [-0.2, -0.15) is 0 Å². The van der Waals surface area contributed by atoms with Gasteiger partial charge in [-0.1, -0.05) is 44.7 Å². The maximum atomic E-state index is 13.9. The van der Waals surface area contributed by atoms with Gasteiger partial charge in [-0.05, 0) is 60.6 Å². The number of aromatic carboxylic acids is 1. The van der Waals surface area contributed by atoms with Crippen molar-refractivity contribution in [3.05, 3.63) is 58.9 Å². The van der Waals surface area contributed by atoms with Gasteiger partial charge in [-0.25, -0.2) is 22.4 Å². The predicted molar refractivity (Wildman–Crippen MR) is 105 cm³/mol. The van der Waals surface area contributed by atoms with Crippen LogP contribution in [0.2, 0.25) is 0 Å². The molecule has 2 nitrogen and oxygen atoms in total. The normalized spacial score (nSPS) is 13.3. The molecule has 0 heterocycles. The molecular weight excluding hydrogens is 384 g/mol. The SMILES string of the molecule is CCCCCCC(CC(C)F)c1c(C(=O)O)cccc1-c1cc(F)c(F)c(F)c1. The fraction of sp³-hybridized carbons (Fsp3) is 0.435. The highest BCUT2D eigenvalue weighted by molar-refractivity contribution is 5.92. The fourth-order valence-electron chi connectivity index (χ4n) is 3.74. The van der Waals surface area contributed by atoms with Gasteiger partial charge in [0.25, 0.3) is 0 Å². The Bertz CT molecular complexity index is 826. The minimum Gasteiger partial charge on any atom is -0.478 e. The van der Waals surface area contributed by atoms with E-state index in [1.54, 1.807) is 0 Å². The lowest BCUT2D eigenvalue weighted by molar-refractivity contribution is 0.0694. The van der Waals surface area contributed by atoms with Crippen LogP contribution in [0.1, 0.15) is 74.2 Å². The third kappa shape index (κ3) is 5.81. The van der Waals surface area contributed by atoms with E-state index >= 15 is 0 Å². The van der Waals surface area contributed by atoms with E-state index < -0.39 is 35.5 Å². The number of hydrogen-bond acceptors (Lipinski definition) is 1. The Balaban J connectivity index is 2.60. The maximum absolute atomic E-state index is 13.9. The minimum absolute atomic E-state index is 0.0320. The van der Waals surface area contributed by atoms with Crippen LogP contribution >= 0.6 is 0 Å². The van der Waals surface area contributed by atoms with Gasteiger partial charge in [-0.15, -0.1) is 0 Å². The Labute approximate surface area is 168 Å². The molecule has 158 valence electrons. The van der Waals surface area contributed by atoms with Crippen LogP contribution in [0.4, 0.5) is 17.6 Å². The van der Waals surface area contributed by atoms with Gasteiger partial charge in [0.05, 0.1) is 11.7 Å². The molecular formula is C23H26F4O2. The van der Waals surface area contributed by atoms with Crippen LogP contribution in [0.15, 0.2) is 30.3 Å². The van der Waals surface area contributed by atoms with Crippen molar-refractivity contribution in [3.8, 4) is 11.1 Å². The second kappa shape index (κ2) is 10.4. The van der Waals surface area contributed by atoms with Crippen molar-refractivity contribution in [2.24, 2.45) is 0 Å². The van der Waals surface area contributed by atoms with Crippen LogP contribution in [0.3, 0.4) is 0 Å². The van der Waals surface area contributed by atoms with Gasteiger partial charge in [0.15, 0.2) is 17.5 Å². The number of alkyl halides is 1. The summed E-state index contributed by atoms with van der Waals surface area (Å²) in [6.45, 7) is 3.47. The van der Waals surface area contributed by atoms with Crippen molar-refractivity contribution < 1.29 is 27.5 Å². The molecule has 0 saturated carbocycles. The first-order valence-electron chi connectivity index (χ1n) is 9.91. The van der Waals surface area contributed by atoms with Crippen LogP contribution in [-0.2, 0) is 0 Å². The monoisotopic (exact) mass is 410 g/mol. The summed E-state index contributed by atoms with van der Waals surface area (Å²) in [7, 11) is 0. The number of rotatable bonds is 10. The van der Waals surface area contributed by atoms with E-state index in [0.29, 0.717) is 12.0 Å². The summed E-state index contributed by atoms with van der Waals surface area (Å²) in [5.74, 6) is -5.94. The molecule has 0 saturated heterocycles. The summed E-state index contributed by atoms with van der Waals surface area (Å²) in [4.78, 5) is 11.9. The molecule has 6 heteroatoms. The van der Waals surface area contributed by atoms with Gasteiger partial charge >= 0.3 is 5.97 Å². The fourth-order valence-corrected chi connectivity index (χ4v) is 3.74. The van der Waals surface area contributed by atoms with Gasteiger partial charge in [0.2, 0.25) is 0 Å². The average Bonchev–Trinajstić information content (AvgIpc) is 2.67. The van der Waals surface area contributed by atoms with Gasteiger partial charge < -0.3 is 5.11 Å². The molecule has 0 spiro atoms. The number of hydrogen-bond donors (Lipinski definition) is 1. The lowest BCUT2D eigenvalue weighted by Gasteiger charge is -2.24. The standard InChI is InChI=1S/C23H26F4O2/c1-3-4-5-6-8-15(11-14(2)24)21-17(9-7-10-18(21)23(28)29)16-12-19(25)22(27)20(26)13-16/h7,9-10,12-15H,3-6,8,11H2,1-2H3,(H,28,29). The third-order valence-corrected chi connectivity index (χ3v) is 5.06. The third-order valence-electron chi connectivity index (χ3n) is 5.06. The van der Waals surface area contributed by atoms with Crippen LogP contribution < -0.4 is 0 Å². The summed E-state index contributed by atoms with van der Waals surface area (Å²) in [6, 6.07) is 6.09. The topological polar surface area (TPSA) is 37.3 Å². The van der Waals surface area contributed by atoms with Crippen LogP contribution in [0.5, 0.6) is 0 Å². The molecule has 1 N–H and O–H groups in total. The van der Waals surface area contributed by atoms with Crippen molar-refractivity contribution in [2.45, 2.75) is 64.5 Å². The Morgan fingerprint density at radius 3 is 2.28 bits per heavy atom. The summed E-state index contributed by atoms with van der Waals surface area (Å²) < 4.78 is 55.0. The molecule has 2 rings (SSSR count). The largest absolute Gasteiger partial charge is 0.478 e. The Morgan fingerprint density at radius 2 is 1.72 bits per heavy atom. The second-order valence-electron chi connectivity index (χ2n) is 7.39. The van der Waals surface area contributed by atoms with Crippen LogP contribution in [0, 0.1) is 17.5 Å². The molecule has 0 bridgehead atoms. The number of carboxylic acid groups (broad SMARTS) is 1. The lowest BCUT2D eigenvalue weighted by atomic mass is 9.81. The average molecular weight is 410 g/mol. The molecule has 2 unspecified atom stereocenters. The van der Waals surface area contributed by atoms with Gasteiger partial charge in [-0.3, -0.25) is 0 Å². The van der Waals surface area contributed by atoms with E-state index in [0.717, 1.165) is 37.8 Å². The van der Waals surface area contributed by atoms with Gasteiger partial charge in [0.1, 0.15) is 0 Å². The number of unbranched alkanes of at least 4 members (excludes halogenated alkanes) is 3. The summed E-state index contributed by atoms with van der Waals surface area (Å²) >= 11 is 0. The highest BCUT2D eigenvalue weighted by Crippen LogP contribution is 2.38. The minimum atomic E-state index is -1.59. The Kier molecular flexibility index (Phi) is 8.23. The van der Waals surface area contributed by atoms with Crippen molar-refractivity contribution >= 4 is 5.97 Å². The Hall–Kier alpha value is -2.37. The van der Waals surface area contributed by atoms with E-state index in [1.165, 1.54) is 25.1 Å². The first kappa shape index (κ1) is 22.9. The highest BCUT2D eigenvalue weighted by Gasteiger charge is 2.25.